The van der Waals surface area contributed by atoms with E-state index in [1.54, 1.807) is 6.20 Å². The van der Waals surface area contributed by atoms with Crippen molar-refractivity contribution in [2.45, 2.75) is 13.0 Å². The van der Waals surface area contributed by atoms with Crippen LogP contribution in [0.3, 0.4) is 0 Å². The number of amides is 2. The van der Waals surface area contributed by atoms with Gasteiger partial charge in [-0.1, -0.05) is 13.2 Å². The lowest BCUT2D eigenvalue weighted by Crippen LogP contribution is -2.59. The van der Waals surface area contributed by atoms with Crippen molar-refractivity contribution in [2.24, 2.45) is 11.8 Å². The molecule has 2 aliphatic rings. The number of hydrogen-bond acceptors (Lipinski definition) is 3. The van der Waals surface area contributed by atoms with Crippen LogP contribution in [0.4, 0.5) is 4.79 Å². The van der Waals surface area contributed by atoms with Crippen LogP contribution in [0.5, 0.6) is 0 Å². The van der Waals surface area contributed by atoms with Crippen LogP contribution in [0.15, 0.2) is 36.2 Å². The molecule has 2 rings (SSSR count). The lowest BCUT2D eigenvalue weighted by molar-refractivity contribution is 0.0357. The molecule has 0 bridgehead atoms. The van der Waals surface area contributed by atoms with Crippen LogP contribution in [-0.4, -0.2) is 40.4 Å². The van der Waals surface area contributed by atoms with E-state index in [4.69, 9.17) is 0 Å². The van der Waals surface area contributed by atoms with E-state index < -0.39 is 0 Å². The van der Waals surface area contributed by atoms with Crippen LogP contribution in [-0.2, 0) is 0 Å². The Balaban J connectivity index is 2.24. The molecule has 0 saturated heterocycles. The first-order valence-electron chi connectivity index (χ1n) is 5.88. The Morgan fingerprint density at radius 3 is 2.61 bits per heavy atom. The van der Waals surface area contributed by atoms with Crippen molar-refractivity contribution >= 4 is 6.03 Å². The van der Waals surface area contributed by atoms with Crippen LogP contribution in [0.25, 0.3) is 0 Å². The van der Waals surface area contributed by atoms with Crippen molar-refractivity contribution in [3.05, 3.63) is 36.2 Å². The summed E-state index contributed by atoms with van der Waals surface area (Å²) in [5.41, 5.74) is 2.23. The Hall–Kier alpha value is -1.59. The van der Waals surface area contributed by atoms with Gasteiger partial charge >= 0.3 is 6.03 Å². The van der Waals surface area contributed by atoms with Gasteiger partial charge in [0.2, 0.25) is 0 Å². The fourth-order valence-corrected chi connectivity index (χ4v) is 2.58. The summed E-state index contributed by atoms with van der Waals surface area (Å²) >= 11 is 0. The monoisotopic (exact) mass is 250 g/mol. The van der Waals surface area contributed by atoms with Crippen molar-refractivity contribution < 1.29 is 15.0 Å². The third kappa shape index (κ3) is 1.76. The number of hydrogen-bond donors (Lipinski definition) is 3. The van der Waals surface area contributed by atoms with Crippen molar-refractivity contribution in [1.82, 2.24) is 10.2 Å². The Morgan fingerprint density at radius 2 is 2.06 bits per heavy atom. The quantitative estimate of drug-likeness (QED) is 0.642. The van der Waals surface area contributed by atoms with Gasteiger partial charge in [0.1, 0.15) is 0 Å². The lowest BCUT2D eigenvalue weighted by Gasteiger charge is -2.50. The molecule has 0 radical (unpaired) electrons. The molecule has 3 atom stereocenters. The van der Waals surface area contributed by atoms with Crippen molar-refractivity contribution in [2.75, 3.05) is 13.2 Å². The van der Waals surface area contributed by atoms with Crippen molar-refractivity contribution in [1.29, 1.82) is 0 Å². The second-order valence-corrected chi connectivity index (χ2v) is 4.78. The van der Waals surface area contributed by atoms with Crippen LogP contribution in [0.1, 0.15) is 6.92 Å². The first-order chi connectivity index (χ1) is 8.51. The van der Waals surface area contributed by atoms with Gasteiger partial charge in [0.25, 0.3) is 0 Å². The number of rotatable bonds is 3. The molecule has 0 spiro atoms. The summed E-state index contributed by atoms with van der Waals surface area (Å²) in [4.78, 5) is 13.4. The van der Waals surface area contributed by atoms with E-state index in [2.05, 4.69) is 18.5 Å². The maximum atomic E-state index is 11.9. The predicted octanol–water partition coefficient (Wildman–Crippen LogP) is 0.585. The molecule has 0 aromatic rings. The molecule has 1 fully saturated rings. The molecule has 0 aromatic heterocycles. The highest BCUT2D eigenvalue weighted by Crippen LogP contribution is 2.42. The molecule has 2 amide bonds. The van der Waals surface area contributed by atoms with Gasteiger partial charge in [-0.15, -0.1) is 0 Å². The normalized spacial score (nSPS) is 31.9. The summed E-state index contributed by atoms with van der Waals surface area (Å²) in [5, 5.41) is 21.2. The van der Waals surface area contributed by atoms with Crippen molar-refractivity contribution in [3.63, 3.8) is 0 Å². The van der Waals surface area contributed by atoms with Gasteiger partial charge < -0.3 is 15.5 Å². The van der Waals surface area contributed by atoms with Gasteiger partial charge in [-0.05, 0) is 18.1 Å². The maximum Gasteiger partial charge on any atom is 0.326 e. The molecule has 1 aliphatic heterocycles. The van der Waals surface area contributed by atoms with Gasteiger partial charge in [-0.25, -0.2) is 4.79 Å². The summed E-state index contributed by atoms with van der Waals surface area (Å²) in [6, 6.07) is -0.526. The van der Waals surface area contributed by atoms with Crippen molar-refractivity contribution in [3.8, 4) is 0 Å². The number of nitrogens with one attached hydrogen (secondary N) is 1. The summed E-state index contributed by atoms with van der Waals surface area (Å²) < 4.78 is 0. The number of carbonyl (C=O) groups excluding carboxylic acids is 1. The standard InChI is InChI=1S/C13H18N2O3/c1-7-4-15(13(18)14-9(7)3)12-8(2)10(5-16)11(12)6-17/h4,10-12,16-17H,2-3,5-6H2,1H3,(H,14,18)/t10-,11+,12+/m0/s1. The summed E-state index contributed by atoms with van der Waals surface area (Å²) in [5.74, 6) is -0.296. The summed E-state index contributed by atoms with van der Waals surface area (Å²) in [6.45, 7) is 9.36. The maximum absolute atomic E-state index is 11.9. The summed E-state index contributed by atoms with van der Waals surface area (Å²) in [7, 11) is 0. The molecule has 3 N–H and O–H groups in total. The Labute approximate surface area is 106 Å². The highest BCUT2D eigenvalue weighted by molar-refractivity contribution is 5.81. The van der Waals surface area contributed by atoms with Crippen LogP contribution >= 0.6 is 0 Å². The van der Waals surface area contributed by atoms with Gasteiger partial charge in [0, 0.05) is 30.3 Å². The van der Waals surface area contributed by atoms with Crippen LogP contribution < -0.4 is 5.32 Å². The van der Waals surface area contributed by atoms with E-state index in [9.17, 15) is 15.0 Å². The number of urea groups is 1. The third-order valence-electron chi connectivity index (χ3n) is 3.79. The average Bonchev–Trinajstić information content (AvgIpc) is 2.33. The van der Waals surface area contributed by atoms with Gasteiger partial charge in [0.15, 0.2) is 0 Å². The minimum absolute atomic E-state index is 0.0502. The Morgan fingerprint density at radius 1 is 1.39 bits per heavy atom. The average molecular weight is 250 g/mol. The molecule has 0 unspecified atom stereocenters. The number of carbonyl (C=O) groups is 1. The molecular weight excluding hydrogens is 232 g/mol. The largest absolute Gasteiger partial charge is 0.396 e. The predicted molar refractivity (Wildman–Crippen MR) is 67.3 cm³/mol. The molecule has 5 heteroatoms. The highest BCUT2D eigenvalue weighted by Gasteiger charge is 2.48. The SMILES string of the molecule is C=C1NC(=O)N([C@@H]2C(=C)[C@H](CO)[C@H]2CO)C=C1C. The second-order valence-electron chi connectivity index (χ2n) is 4.78. The fourth-order valence-electron chi connectivity index (χ4n) is 2.58. The smallest absolute Gasteiger partial charge is 0.326 e. The zero-order valence-electron chi connectivity index (χ0n) is 10.4. The summed E-state index contributed by atoms with van der Waals surface area (Å²) in [6.07, 6.45) is 1.72. The van der Waals surface area contributed by atoms with Gasteiger partial charge in [-0.3, -0.25) is 4.90 Å². The Kier molecular flexibility index (Phi) is 3.28. The van der Waals surface area contributed by atoms with E-state index in [1.807, 2.05) is 6.92 Å². The number of allylic oxidation sites excluding steroid dienone is 1. The second kappa shape index (κ2) is 4.59. The van der Waals surface area contributed by atoms with E-state index in [0.717, 1.165) is 11.1 Å². The molecule has 1 aliphatic carbocycles. The minimum atomic E-state index is -0.272. The zero-order valence-corrected chi connectivity index (χ0v) is 10.4. The number of aliphatic hydroxyl groups excluding tert-OH is 2. The van der Waals surface area contributed by atoms with Gasteiger partial charge in [-0.2, -0.15) is 0 Å². The molecule has 98 valence electrons. The zero-order chi connectivity index (χ0) is 13.4. The Bertz CT molecular complexity index is 442. The molecule has 0 aromatic carbocycles. The first kappa shape index (κ1) is 12.9. The topological polar surface area (TPSA) is 72.8 Å². The molecule has 5 nitrogen and oxygen atoms in total. The molecule has 1 saturated carbocycles. The third-order valence-corrected chi connectivity index (χ3v) is 3.79. The van der Waals surface area contributed by atoms with Crippen LogP contribution in [0.2, 0.25) is 0 Å². The first-order valence-corrected chi connectivity index (χ1v) is 5.88. The highest BCUT2D eigenvalue weighted by atomic mass is 16.3. The fraction of sp³-hybridized carbons (Fsp3) is 0.462. The van der Waals surface area contributed by atoms with Gasteiger partial charge in [0.05, 0.1) is 12.6 Å². The van der Waals surface area contributed by atoms with Crippen LogP contribution in [0, 0.1) is 11.8 Å². The van der Waals surface area contributed by atoms with E-state index in [1.165, 1.54) is 4.90 Å². The number of nitrogens with zero attached hydrogens (tertiary/aromatic N) is 1. The molecule has 1 heterocycles. The minimum Gasteiger partial charge on any atom is -0.396 e. The van der Waals surface area contributed by atoms with E-state index >= 15 is 0 Å². The lowest BCUT2D eigenvalue weighted by atomic mass is 9.65. The number of aliphatic hydroxyl groups is 2. The molecule has 18 heavy (non-hydrogen) atoms. The van der Waals surface area contributed by atoms with E-state index in [-0.39, 0.29) is 37.1 Å². The molecular formula is C13H18N2O3. The van der Waals surface area contributed by atoms with E-state index in [0.29, 0.717) is 5.70 Å².